The molecule has 0 spiro atoms. The second-order valence-electron chi connectivity index (χ2n) is 15.5. The van der Waals surface area contributed by atoms with Crippen molar-refractivity contribution in [1.82, 2.24) is 0 Å². The molecule has 1 unspecified atom stereocenters. The van der Waals surface area contributed by atoms with Gasteiger partial charge in [0.1, 0.15) is 6.07 Å². The number of aliphatic hydroxyl groups is 1. The van der Waals surface area contributed by atoms with Crippen LogP contribution in [0.4, 0.5) is 0 Å². The normalized spacial score (nSPS) is 49.8. The van der Waals surface area contributed by atoms with Crippen molar-refractivity contribution in [2.24, 2.45) is 56.2 Å². The number of aliphatic hydroxyl groups excluding tert-OH is 1. The molecule has 0 amide bonds. The maximum Gasteiger partial charge on any atom is 0.312 e. The molecule has 5 nitrogen and oxygen atoms in total. The largest absolute Gasteiger partial charge is 0.469 e. The van der Waals surface area contributed by atoms with Crippen molar-refractivity contribution >= 4 is 11.8 Å². The van der Waals surface area contributed by atoms with Crippen molar-refractivity contribution in [2.75, 3.05) is 7.11 Å². The van der Waals surface area contributed by atoms with Crippen LogP contribution >= 0.6 is 0 Å². The molecule has 0 saturated heterocycles. The molecule has 5 rings (SSSR count). The molecule has 0 aromatic carbocycles. The van der Waals surface area contributed by atoms with E-state index < -0.39 is 16.9 Å². The van der Waals surface area contributed by atoms with Crippen LogP contribution in [-0.2, 0) is 14.3 Å². The Hall–Kier alpha value is -1.67. The van der Waals surface area contributed by atoms with Crippen LogP contribution in [-0.4, -0.2) is 30.1 Å². The van der Waals surface area contributed by atoms with E-state index >= 15 is 0 Å². The Morgan fingerprint density at radius 1 is 1.00 bits per heavy atom. The number of fused-ring (bicyclic) bond motifs is 7. The quantitative estimate of drug-likeness (QED) is 0.422. The molecule has 9 atom stereocenters. The van der Waals surface area contributed by atoms with Crippen LogP contribution in [0.2, 0.25) is 0 Å². The number of hydrogen-bond donors (Lipinski definition) is 1. The molecule has 1 N–H and O–H groups in total. The van der Waals surface area contributed by atoms with Gasteiger partial charge in [-0.2, -0.15) is 5.26 Å². The highest BCUT2D eigenvalue weighted by atomic mass is 16.5. The Bertz CT molecular complexity index is 1100. The summed E-state index contributed by atoms with van der Waals surface area (Å²) in [7, 11) is 1.52. The third kappa shape index (κ3) is 3.23. The standard InChI is InChI=1S/C32H47NO4/c1-27(2)11-13-32(26(36)37-8)14-12-31(7)24(20(32)17-27)21(34)15-23-29(5)16-19(18-33)25(35)28(3,4)22(29)9-10-30(23,31)6/h16,20-24,34H,9-15,17H2,1-8H3/t20-,21+,22+,23-,24?,29+,30-,31-,32+/m1/s1. The van der Waals surface area contributed by atoms with Crippen LogP contribution in [0, 0.1) is 67.5 Å². The molecule has 204 valence electrons. The average molecular weight is 510 g/mol. The van der Waals surface area contributed by atoms with Crippen LogP contribution in [0.25, 0.3) is 0 Å². The predicted octanol–water partition coefficient (Wildman–Crippen LogP) is 6.25. The molecule has 0 aromatic rings. The summed E-state index contributed by atoms with van der Waals surface area (Å²) >= 11 is 0. The van der Waals surface area contributed by atoms with Gasteiger partial charge in [0.15, 0.2) is 5.78 Å². The number of rotatable bonds is 1. The maximum absolute atomic E-state index is 13.4. The van der Waals surface area contributed by atoms with Gasteiger partial charge in [-0.05, 0) is 96.7 Å². The van der Waals surface area contributed by atoms with Crippen molar-refractivity contribution in [3.05, 3.63) is 11.6 Å². The number of allylic oxidation sites excluding steroid dienone is 2. The summed E-state index contributed by atoms with van der Waals surface area (Å²) in [6.45, 7) is 15.7. The number of nitriles is 1. The predicted molar refractivity (Wildman–Crippen MR) is 142 cm³/mol. The number of esters is 1. The molecule has 0 aromatic heterocycles. The van der Waals surface area contributed by atoms with Gasteiger partial charge in [-0.25, -0.2) is 0 Å². The number of hydrogen-bond acceptors (Lipinski definition) is 5. The molecule has 0 bridgehead atoms. The average Bonchev–Trinajstić information content (AvgIpc) is 2.82. The van der Waals surface area contributed by atoms with E-state index in [2.05, 4.69) is 40.7 Å². The van der Waals surface area contributed by atoms with E-state index in [0.717, 1.165) is 44.9 Å². The van der Waals surface area contributed by atoms with Crippen molar-refractivity contribution in [2.45, 2.75) is 106 Å². The van der Waals surface area contributed by atoms with Crippen molar-refractivity contribution in [3.63, 3.8) is 0 Å². The lowest BCUT2D eigenvalue weighted by Gasteiger charge is -2.73. The molecule has 0 radical (unpaired) electrons. The second kappa shape index (κ2) is 7.93. The minimum atomic E-state index is -0.599. The van der Waals surface area contributed by atoms with Gasteiger partial charge in [0.05, 0.1) is 24.2 Å². The number of carbonyl (C=O) groups is 2. The minimum Gasteiger partial charge on any atom is -0.469 e. The van der Waals surface area contributed by atoms with Gasteiger partial charge >= 0.3 is 5.97 Å². The zero-order valence-electron chi connectivity index (χ0n) is 24.2. The third-order valence-corrected chi connectivity index (χ3v) is 13.3. The van der Waals surface area contributed by atoms with Gasteiger partial charge in [0, 0.05) is 5.41 Å². The van der Waals surface area contributed by atoms with Gasteiger partial charge in [-0.1, -0.05) is 54.5 Å². The van der Waals surface area contributed by atoms with Crippen LogP contribution in [0.1, 0.15) is 99.8 Å². The number of carbonyl (C=O) groups excluding carboxylic acids is 2. The Balaban J connectivity index is 1.64. The number of Topliss-reactive ketones (excluding diaryl/α,β-unsaturated/α-hetero) is 1. The van der Waals surface area contributed by atoms with E-state index in [-0.39, 0.29) is 62.7 Å². The summed E-state index contributed by atoms with van der Waals surface area (Å²) in [5.74, 6) is 0.300. The van der Waals surface area contributed by atoms with E-state index in [1.807, 2.05) is 19.9 Å². The fourth-order valence-electron chi connectivity index (χ4n) is 11.2. The molecule has 5 heteroatoms. The van der Waals surface area contributed by atoms with E-state index in [4.69, 9.17) is 4.74 Å². The minimum absolute atomic E-state index is 0.0268. The van der Waals surface area contributed by atoms with Gasteiger partial charge in [0.2, 0.25) is 0 Å². The van der Waals surface area contributed by atoms with E-state index in [1.165, 1.54) is 7.11 Å². The fraction of sp³-hybridized carbons (Fsp3) is 0.844. The highest BCUT2D eigenvalue weighted by Gasteiger charge is 2.73. The Kier molecular flexibility index (Phi) is 5.77. The summed E-state index contributed by atoms with van der Waals surface area (Å²) in [5.41, 5.74) is -1.25. The first kappa shape index (κ1) is 26.9. The summed E-state index contributed by atoms with van der Waals surface area (Å²) in [4.78, 5) is 26.7. The van der Waals surface area contributed by atoms with Gasteiger partial charge in [-0.15, -0.1) is 0 Å². The molecule has 37 heavy (non-hydrogen) atoms. The highest BCUT2D eigenvalue weighted by Crippen LogP contribution is 2.76. The molecule has 5 aliphatic rings. The molecular weight excluding hydrogens is 462 g/mol. The Labute approximate surface area is 223 Å². The molecule has 0 heterocycles. The number of methoxy groups -OCH3 is 1. The third-order valence-electron chi connectivity index (χ3n) is 13.3. The topological polar surface area (TPSA) is 87.4 Å². The molecule has 4 saturated carbocycles. The van der Waals surface area contributed by atoms with Crippen molar-refractivity contribution < 1.29 is 19.4 Å². The molecule has 4 fully saturated rings. The fourth-order valence-corrected chi connectivity index (χ4v) is 11.2. The summed E-state index contributed by atoms with van der Waals surface area (Å²) in [6.07, 6.45) is 8.54. The van der Waals surface area contributed by atoms with Crippen molar-refractivity contribution in [3.8, 4) is 6.07 Å². The molecule has 5 aliphatic carbocycles. The number of ketones is 1. The van der Waals surface area contributed by atoms with E-state index in [1.54, 1.807) is 0 Å². The van der Waals surface area contributed by atoms with Gasteiger partial charge < -0.3 is 9.84 Å². The molecular formula is C32H47NO4. The first-order valence-electron chi connectivity index (χ1n) is 14.5. The molecule has 0 aliphatic heterocycles. The smallest absolute Gasteiger partial charge is 0.312 e. The number of ether oxygens (including phenoxy) is 1. The number of nitrogens with zero attached hydrogens (tertiary/aromatic N) is 1. The lowest BCUT2D eigenvalue weighted by Crippen LogP contribution is -2.70. The van der Waals surface area contributed by atoms with Crippen LogP contribution in [0.15, 0.2) is 11.6 Å². The first-order chi connectivity index (χ1) is 17.0. The maximum atomic E-state index is 13.4. The highest BCUT2D eigenvalue weighted by molar-refractivity contribution is 6.04. The zero-order chi connectivity index (χ0) is 27.4. The summed E-state index contributed by atoms with van der Waals surface area (Å²) in [6, 6.07) is 2.22. The van der Waals surface area contributed by atoms with Crippen LogP contribution in [0.3, 0.4) is 0 Å². The Morgan fingerprint density at radius 2 is 1.65 bits per heavy atom. The SMILES string of the molecule is COC(=O)[C@]12CCC(C)(C)C[C@@H]1C1[C@@H](O)C[C@@H]3[C@@]4(C)C=C(C#N)C(=O)C(C)(C)[C@@H]4CC[C@@]3(C)[C@]1(C)CC2. The van der Waals surface area contributed by atoms with Crippen LogP contribution < -0.4 is 0 Å². The lowest BCUT2D eigenvalue weighted by molar-refractivity contribution is -0.260. The van der Waals surface area contributed by atoms with Gasteiger partial charge in [-0.3, -0.25) is 9.59 Å². The van der Waals surface area contributed by atoms with Crippen molar-refractivity contribution in [1.29, 1.82) is 5.26 Å². The van der Waals surface area contributed by atoms with Crippen LogP contribution in [0.5, 0.6) is 0 Å². The second-order valence-corrected chi connectivity index (χ2v) is 15.5. The lowest BCUT2D eigenvalue weighted by atomic mass is 9.31. The summed E-state index contributed by atoms with van der Waals surface area (Å²) < 4.78 is 5.45. The first-order valence-corrected chi connectivity index (χ1v) is 14.5. The van der Waals surface area contributed by atoms with E-state index in [0.29, 0.717) is 6.42 Å². The zero-order valence-corrected chi connectivity index (χ0v) is 24.2. The van der Waals surface area contributed by atoms with E-state index in [9.17, 15) is 20.0 Å². The monoisotopic (exact) mass is 509 g/mol. The Morgan fingerprint density at radius 3 is 2.27 bits per heavy atom. The summed E-state index contributed by atoms with van der Waals surface area (Å²) in [5, 5.41) is 22.0. The van der Waals surface area contributed by atoms with Gasteiger partial charge in [0.25, 0.3) is 0 Å².